The number of benzene rings is 4. The minimum atomic E-state index is -1.34. The molecule has 12 N–H and O–H groups in total. The number of guanidine groups is 1. The van der Waals surface area contributed by atoms with Gasteiger partial charge in [0.15, 0.2) is 5.96 Å². The zero-order valence-corrected chi connectivity index (χ0v) is 36.2. The van der Waals surface area contributed by atoms with Crippen molar-refractivity contribution in [3.05, 3.63) is 144 Å². The molecule has 16 heteroatoms. The molecule has 65 heavy (non-hydrogen) atoms. The first-order valence-electron chi connectivity index (χ1n) is 21.9. The smallest absolute Gasteiger partial charge is 0.246 e. The van der Waals surface area contributed by atoms with Gasteiger partial charge in [-0.2, -0.15) is 0 Å². The van der Waals surface area contributed by atoms with Crippen LogP contribution in [0.1, 0.15) is 66.7 Å². The van der Waals surface area contributed by atoms with Crippen LogP contribution in [0.2, 0.25) is 0 Å². The lowest BCUT2D eigenvalue weighted by Gasteiger charge is -2.40. The third-order valence-corrected chi connectivity index (χ3v) is 11.8. The largest absolute Gasteiger partial charge is 0.370 e. The third kappa shape index (κ3) is 13.5. The van der Waals surface area contributed by atoms with Gasteiger partial charge in [-0.1, -0.05) is 109 Å². The van der Waals surface area contributed by atoms with E-state index in [0.29, 0.717) is 25.7 Å². The van der Waals surface area contributed by atoms with Crippen LogP contribution in [0.15, 0.2) is 121 Å². The van der Waals surface area contributed by atoms with Gasteiger partial charge in [-0.15, -0.1) is 0 Å². The van der Waals surface area contributed by atoms with Gasteiger partial charge in [-0.3, -0.25) is 34.2 Å². The van der Waals surface area contributed by atoms with E-state index in [9.17, 15) is 28.8 Å². The maximum absolute atomic E-state index is 14.8. The van der Waals surface area contributed by atoms with Gasteiger partial charge in [0.25, 0.3) is 0 Å². The number of aromatic amines is 1. The predicted molar refractivity (Wildman–Crippen MR) is 248 cm³/mol. The standard InChI is InChI=1S/C49H58N10O6/c50-42(60)31-55-44(62)41(29-36-30-54-38-20-11-10-19-37(36)38)57-45(63)39(21-12-26-53-48(51)52)56-46(64)40(27-32-13-4-1-5-14-32)58-47(65)49(59-43(61)28-33-15-6-2-7-16-33)24-22-35(23-25-49)34-17-8-3-9-18-34/h1-11,13-20,30,35,39-41,54H,12,21-29,31H2,(H2,50,60)(H,55,62)(H,56,64)(H,57,63)(H,58,65)(H,59,61)(H4,51,52,53)/t35-,39-,40+,41-,49+/m0/s1. The van der Waals surface area contributed by atoms with Gasteiger partial charge in [-0.25, -0.2) is 0 Å². The monoisotopic (exact) mass is 882 g/mol. The lowest BCUT2D eigenvalue weighted by molar-refractivity contribution is -0.138. The number of nitrogens with two attached hydrogens (primary N) is 2. The van der Waals surface area contributed by atoms with Crippen LogP contribution < -0.4 is 43.4 Å². The number of rotatable bonds is 21. The Labute approximate surface area is 378 Å². The molecule has 0 bridgehead atoms. The topological polar surface area (TPSA) is 266 Å². The molecule has 0 aliphatic heterocycles. The third-order valence-electron chi connectivity index (χ3n) is 11.8. The fraction of sp³-hybridized carbons (Fsp3) is 0.327. The first-order valence-corrected chi connectivity index (χ1v) is 21.9. The van der Waals surface area contributed by atoms with Gasteiger partial charge >= 0.3 is 0 Å². The Hall–Kier alpha value is -7.49. The zero-order valence-electron chi connectivity index (χ0n) is 36.2. The van der Waals surface area contributed by atoms with Gasteiger partial charge < -0.3 is 48.4 Å². The first-order chi connectivity index (χ1) is 31.4. The molecular formula is C49H58N10O6. The molecule has 5 aromatic rings. The highest BCUT2D eigenvalue weighted by Crippen LogP contribution is 2.38. The Kier molecular flexibility index (Phi) is 16.4. The predicted octanol–water partition coefficient (Wildman–Crippen LogP) is 2.73. The maximum atomic E-state index is 14.8. The molecular weight excluding hydrogens is 825 g/mol. The van der Waals surface area contributed by atoms with Crippen LogP contribution in [-0.2, 0) is 48.0 Å². The van der Waals surface area contributed by atoms with Gasteiger partial charge in [0.2, 0.25) is 35.4 Å². The summed E-state index contributed by atoms with van der Waals surface area (Å²) in [6, 6.07) is 32.2. The van der Waals surface area contributed by atoms with Crippen molar-refractivity contribution >= 4 is 52.3 Å². The summed E-state index contributed by atoms with van der Waals surface area (Å²) in [5, 5.41) is 25.3. The van der Waals surface area contributed by atoms with E-state index in [1.807, 2.05) is 103 Å². The van der Waals surface area contributed by atoms with E-state index in [0.717, 1.165) is 33.2 Å². The van der Waals surface area contributed by atoms with E-state index in [1.54, 1.807) is 6.20 Å². The zero-order chi connectivity index (χ0) is 46.2. The molecule has 1 aromatic heterocycles. The maximum Gasteiger partial charge on any atom is 0.246 e. The molecule has 0 saturated heterocycles. The summed E-state index contributed by atoms with van der Waals surface area (Å²) in [5.74, 6) is -3.75. The highest BCUT2D eigenvalue weighted by atomic mass is 16.2. The van der Waals surface area contributed by atoms with Crippen molar-refractivity contribution in [2.24, 2.45) is 11.5 Å². The van der Waals surface area contributed by atoms with Crippen LogP contribution in [-0.4, -0.2) is 83.1 Å². The number of primary amides is 1. The fourth-order valence-corrected chi connectivity index (χ4v) is 8.40. The molecule has 1 aliphatic carbocycles. The fourth-order valence-electron chi connectivity index (χ4n) is 8.40. The second kappa shape index (κ2) is 22.7. The second-order valence-electron chi connectivity index (χ2n) is 16.5. The molecule has 16 nitrogen and oxygen atoms in total. The van der Waals surface area contributed by atoms with Crippen LogP contribution in [0.3, 0.4) is 0 Å². The lowest BCUT2D eigenvalue weighted by atomic mass is 9.73. The Bertz CT molecular complexity index is 2420. The van der Waals surface area contributed by atoms with Crippen molar-refractivity contribution in [1.82, 2.24) is 36.9 Å². The number of para-hydroxylation sites is 1. The first kappa shape index (κ1) is 47.0. The van der Waals surface area contributed by atoms with Crippen LogP contribution >= 0.6 is 0 Å². The molecule has 0 radical (unpaired) electrons. The summed E-state index contributed by atoms with van der Waals surface area (Å²) < 4.78 is 0. The van der Waals surface area contributed by atoms with E-state index in [2.05, 4.69) is 49.0 Å². The van der Waals surface area contributed by atoms with Crippen molar-refractivity contribution in [3.63, 3.8) is 0 Å². The summed E-state index contributed by atoms with van der Waals surface area (Å²) in [4.78, 5) is 85.9. The molecule has 1 fully saturated rings. The van der Waals surface area contributed by atoms with Crippen molar-refractivity contribution in [3.8, 4) is 0 Å². The van der Waals surface area contributed by atoms with Gasteiger partial charge in [-0.05, 0) is 72.8 Å². The molecule has 1 heterocycles. The lowest BCUT2D eigenvalue weighted by Crippen LogP contribution is -2.64. The van der Waals surface area contributed by atoms with Crippen molar-refractivity contribution in [2.75, 3.05) is 13.1 Å². The number of aromatic nitrogens is 1. The quantitative estimate of drug-likeness (QED) is 0.0297. The van der Waals surface area contributed by atoms with Crippen molar-refractivity contribution in [1.29, 1.82) is 5.41 Å². The minimum absolute atomic E-state index is 0.0306. The molecule has 340 valence electrons. The summed E-state index contributed by atoms with van der Waals surface area (Å²) in [6.07, 6.45) is 4.07. The number of fused-ring (bicyclic) bond motifs is 1. The number of hydrogen-bond acceptors (Lipinski definition) is 7. The molecule has 6 rings (SSSR count). The average molecular weight is 883 g/mol. The van der Waals surface area contributed by atoms with E-state index >= 15 is 0 Å². The normalized spacial score (nSPS) is 17.1. The van der Waals surface area contributed by atoms with Gasteiger partial charge in [0.05, 0.1) is 13.0 Å². The molecule has 3 atom stereocenters. The molecule has 6 amide bonds. The number of nitrogens with one attached hydrogen (secondary N) is 8. The number of amides is 6. The molecule has 1 aliphatic rings. The van der Waals surface area contributed by atoms with E-state index in [1.165, 1.54) is 0 Å². The van der Waals surface area contributed by atoms with Crippen LogP contribution in [0.4, 0.5) is 0 Å². The summed E-state index contributed by atoms with van der Waals surface area (Å²) in [6.45, 7) is -0.260. The van der Waals surface area contributed by atoms with Crippen molar-refractivity contribution in [2.45, 2.75) is 87.4 Å². The summed E-state index contributed by atoms with van der Waals surface area (Å²) in [7, 11) is 0. The Morgan fingerprint density at radius 2 is 1.26 bits per heavy atom. The summed E-state index contributed by atoms with van der Waals surface area (Å²) >= 11 is 0. The number of H-pyrrole nitrogens is 1. The second-order valence-corrected chi connectivity index (χ2v) is 16.5. The van der Waals surface area contributed by atoms with E-state index in [-0.39, 0.29) is 56.4 Å². The highest BCUT2D eigenvalue weighted by Gasteiger charge is 2.45. The minimum Gasteiger partial charge on any atom is -0.370 e. The van der Waals surface area contributed by atoms with Crippen LogP contribution in [0.5, 0.6) is 0 Å². The molecule has 0 spiro atoms. The Morgan fingerprint density at radius 3 is 1.92 bits per heavy atom. The summed E-state index contributed by atoms with van der Waals surface area (Å²) in [5.41, 5.74) is 13.7. The van der Waals surface area contributed by atoms with Crippen LogP contribution in [0.25, 0.3) is 10.9 Å². The van der Waals surface area contributed by atoms with Gasteiger partial charge in [0.1, 0.15) is 23.7 Å². The average Bonchev–Trinajstić information content (AvgIpc) is 3.72. The molecule has 4 aromatic carbocycles. The number of carbonyl (C=O) groups excluding carboxylic acids is 6. The Balaban J connectivity index is 1.26. The molecule has 1 saturated carbocycles. The number of carbonyl (C=O) groups is 6. The van der Waals surface area contributed by atoms with Crippen LogP contribution in [0, 0.1) is 5.41 Å². The van der Waals surface area contributed by atoms with Crippen molar-refractivity contribution < 1.29 is 28.8 Å². The Morgan fingerprint density at radius 1 is 0.677 bits per heavy atom. The van der Waals surface area contributed by atoms with E-state index in [4.69, 9.17) is 16.9 Å². The number of hydrogen-bond donors (Lipinski definition) is 10. The van der Waals surface area contributed by atoms with Gasteiger partial charge in [0, 0.05) is 36.5 Å². The van der Waals surface area contributed by atoms with E-state index < -0.39 is 59.7 Å². The highest BCUT2D eigenvalue weighted by molar-refractivity contribution is 5.98. The SMILES string of the molecule is N=C(N)NCCC[C@H](NC(=O)[C@@H](Cc1ccccc1)NC(=O)[C@]1(NC(=O)Cc2ccccc2)CC[C@@H](c2ccccc2)CC1)C(=O)N[C@@H](Cc1c[nH]c2ccccc12)C(=O)NCC(N)=O. The molecule has 0 unspecified atom stereocenters.